The Morgan fingerprint density at radius 2 is 1.53 bits per heavy atom. The summed E-state index contributed by atoms with van der Waals surface area (Å²) in [7, 11) is 0. The number of carbonyl (C=O) groups is 2. The summed E-state index contributed by atoms with van der Waals surface area (Å²) in [6.45, 7) is 3.41. The molecule has 0 heterocycles. The third kappa shape index (κ3) is 4.32. The van der Waals surface area contributed by atoms with Gasteiger partial charge in [0.1, 0.15) is 0 Å². The highest BCUT2D eigenvalue weighted by atomic mass is 16.2. The van der Waals surface area contributed by atoms with Crippen LogP contribution >= 0.6 is 0 Å². The van der Waals surface area contributed by atoms with E-state index >= 15 is 0 Å². The molecule has 2 N–H and O–H groups in total. The Morgan fingerprint density at radius 1 is 1.07 bits per heavy atom. The standard InChI is InChI=1S/C11H20N2O2/c1-3-11(15)13-10-6-4-9(5-7-10)12-8(2)14/h9-10H,3-7H2,1-2H3,(H,12,14)(H,13,15). The summed E-state index contributed by atoms with van der Waals surface area (Å²) in [5.41, 5.74) is 0. The molecule has 1 saturated carbocycles. The average Bonchev–Trinajstić information content (AvgIpc) is 2.20. The van der Waals surface area contributed by atoms with Crippen molar-refractivity contribution in [1.82, 2.24) is 10.6 Å². The Hall–Kier alpha value is -1.06. The molecule has 4 heteroatoms. The fraction of sp³-hybridized carbons (Fsp3) is 0.818. The zero-order valence-corrected chi connectivity index (χ0v) is 9.51. The van der Waals surface area contributed by atoms with E-state index in [-0.39, 0.29) is 11.8 Å². The number of amides is 2. The second kappa shape index (κ2) is 5.73. The van der Waals surface area contributed by atoms with E-state index < -0.39 is 0 Å². The van der Waals surface area contributed by atoms with Crippen molar-refractivity contribution in [2.45, 2.75) is 58.0 Å². The van der Waals surface area contributed by atoms with Crippen LogP contribution in [-0.2, 0) is 9.59 Å². The van der Waals surface area contributed by atoms with Crippen LogP contribution in [0.1, 0.15) is 46.0 Å². The number of rotatable bonds is 3. The van der Waals surface area contributed by atoms with Crippen molar-refractivity contribution in [2.75, 3.05) is 0 Å². The monoisotopic (exact) mass is 212 g/mol. The summed E-state index contributed by atoms with van der Waals surface area (Å²) >= 11 is 0. The van der Waals surface area contributed by atoms with Crippen LogP contribution in [0, 0.1) is 0 Å². The molecule has 1 aliphatic rings. The molecule has 15 heavy (non-hydrogen) atoms. The highest BCUT2D eigenvalue weighted by Crippen LogP contribution is 2.18. The number of nitrogens with one attached hydrogen (secondary N) is 2. The van der Waals surface area contributed by atoms with Crippen molar-refractivity contribution in [1.29, 1.82) is 0 Å². The van der Waals surface area contributed by atoms with E-state index in [1.54, 1.807) is 6.92 Å². The van der Waals surface area contributed by atoms with Crippen LogP contribution < -0.4 is 10.6 Å². The molecular weight excluding hydrogens is 192 g/mol. The van der Waals surface area contributed by atoms with Gasteiger partial charge in [0, 0.05) is 25.4 Å². The molecule has 0 bridgehead atoms. The SMILES string of the molecule is CCC(=O)NC1CCC(NC(C)=O)CC1. The molecule has 0 aromatic heterocycles. The van der Waals surface area contributed by atoms with Crippen LogP contribution in [0.25, 0.3) is 0 Å². The fourth-order valence-electron chi connectivity index (χ4n) is 2.00. The molecule has 0 saturated heterocycles. The van der Waals surface area contributed by atoms with Crippen LogP contribution in [0.3, 0.4) is 0 Å². The number of hydrogen-bond acceptors (Lipinski definition) is 2. The molecule has 0 aromatic rings. The Kier molecular flexibility index (Phi) is 4.59. The van der Waals surface area contributed by atoms with E-state index in [0.717, 1.165) is 25.7 Å². The van der Waals surface area contributed by atoms with Crippen molar-refractivity contribution in [2.24, 2.45) is 0 Å². The normalized spacial score (nSPS) is 25.7. The molecule has 0 aliphatic heterocycles. The van der Waals surface area contributed by atoms with Gasteiger partial charge in [-0.25, -0.2) is 0 Å². The molecule has 1 fully saturated rings. The molecule has 0 spiro atoms. The molecule has 1 rings (SSSR count). The molecule has 0 radical (unpaired) electrons. The van der Waals surface area contributed by atoms with Crippen LogP contribution in [0.15, 0.2) is 0 Å². The first-order valence-corrected chi connectivity index (χ1v) is 5.68. The van der Waals surface area contributed by atoms with E-state index in [0.29, 0.717) is 18.5 Å². The third-order valence-electron chi connectivity index (χ3n) is 2.82. The number of carbonyl (C=O) groups excluding carboxylic acids is 2. The first-order valence-electron chi connectivity index (χ1n) is 5.68. The van der Waals surface area contributed by atoms with E-state index in [9.17, 15) is 9.59 Å². The largest absolute Gasteiger partial charge is 0.354 e. The Morgan fingerprint density at radius 3 is 1.93 bits per heavy atom. The van der Waals surface area contributed by atoms with Crippen molar-refractivity contribution < 1.29 is 9.59 Å². The summed E-state index contributed by atoms with van der Waals surface area (Å²) in [5, 5.41) is 5.91. The summed E-state index contributed by atoms with van der Waals surface area (Å²) in [6.07, 6.45) is 4.42. The zero-order valence-electron chi connectivity index (χ0n) is 9.51. The summed E-state index contributed by atoms with van der Waals surface area (Å²) in [6, 6.07) is 0.611. The summed E-state index contributed by atoms with van der Waals surface area (Å²) < 4.78 is 0. The molecule has 0 unspecified atom stereocenters. The Labute approximate surface area is 90.8 Å². The molecule has 4 nitrogen and oxygen atoms in total. The Balaban J connectivity index is 2.23. The van der Waals surface area contributed by atoms with E-state index in [1.165, 1.54) is 0 Å². The molecule has 86 valence electrons. The van der Waals surface area contributed by atoms with Crippen molar-refractivity contribution in [3.8, 4) is 0 Å². The van der Waals surface area contributed by atoms with E-state index in [4.69, 9.17) is 0 Å². The lowest BCUT2D eigenvalue weighted by Gasteiger charge is -2.29. The van der Waals surface area contributed by atoms with Gasteiger partial charge in [0.05, 0.1) is 0 Å². The minimum absolute atomic E-state index is 0.0380. The van der Waals surface area contributed by atoms with Gasteiger partial charge in [0.25, 0.3) is 0 Å². The lowest BCUT2D eigenvalue weighted by Crippen LogP contribution is -2.43. The van der Waals surface area contributed by atoms with Gasteiger partial charge in [0.2, 0.25) is 11.8 Å². The highest BCUT2D eigenvalue weighted by molar-refractivity contribution is 5.75. The summed E-state index contributed by atoms with van der Waals surface area (Å²) in [5.74, 6) is 0.161. The van der Waals surface area contributed by atoms with Crippen molar-refractivity contribution in [3.05, 3.63) is 0 Å². The minimum Gasteiger partial charge on any atom is -0.354 e. The van der Waals surface area contributed by atoms with E-state index in [1.807, 2.05) is 6.92 Å². The van der Waals surface area contributed by atoms with E-state index in [2.05, 4.69) is 10.6 Å². The maximum absolute atomic E-state index is 11.2. The smallest absolute Gasteiger partial charge is 0.219 e. The van der Waals surface area contributed by atoms with Gasteiger partial charge in [-0.05, 0) is 25.7 Å². The van der Waals surface area contributed by atoms with Gasteiger partial charge in [-0.2, -0.15) is 0 Å². The van der Waals surface area contributed by atoms with Crippen molar-refractivity contribution in [3.63, 3.8) is 0 Å². The van der Waals surface area contributed by atoms with Gasteiger partial charge >= 0.3 is 0 Å². The van der Waals surface area contributed by atoms with Gasteiger partial charge < -0.3 is 10.6 Å². The molecule has 0 atom stereocenters. The predicted molar refractivity (Wildman–Crippen MR) is 58.3 cm³/mol. The molecule has 0 aromatic carbocycles. The zero-order chi connectivity index (χ0) is 11.3. The second-order valence-corrected chi connectivity index (χ2v) is 4.17. The molecule has 1 aliphatic carbocycles. The van der Waals surface area contributed by atoms with Gasteiger partial charge in [-0.15, -0.1) is 0 Å². The fourth-order valence-corrected chi connectivity index (χ4v) is 2.00. The first-order chi connectivity index (χ1) is 7.11. The predicted octanol–water partition coefficient (Wildman–Crippen LogP) is 0.960. The summed E-state index contributed by atoms with van der Waals surface area (Å²) in [4.78, 5) is 22.0. The van der Waals surface area contributed by atoms with Gasteiger partial charge in [0.15, 0.2) is 0 Å². The maximum Gasteiger partial charge on any atom is 0.219 e. The third-order valence-corrected chi connectivity index (χ3v) is 2.82. The minimum atomic E-state index is 0.0380. The topological polar surface area (TPSA) is 58.2 Å². The first kappa shape index (κ1) is 12.0. The van der Waals surface area contributed by atoms with Crippen LogP contribution in [0.2, 0.25) is 0 Å². The lowest BCUT2D eigenvalue weighted by atomic mass is 9.91. The molecular formula is C11H20N2O2. The maximum atomic E-state index is 11.2. The quantitative estimate of drug-likeness (QED) is 0.732. The lowest BCUT2D eigenvalue weighted by molar-refractivity contribution is -0.122. The van der Waals surface area contributed by atoms with Crippen LogP contribution in [-0.4, -0.2) is 23.9 Å². The van der Waals surface area contributed by atoms with Crippen LogP contribution in [0.4, 0.5) is 0 Å². The van der Waals surface area contributed by atoms with Gasteiger partial charge in [-0.1, -0.05) is 6.92 Å². The molecule has 2 amide bonds. The van der Waals surface area contributed by atoms with Crippen LogP contribution in [0.5, 0.6) is 0 Å². The highest BCUT2D eigenvalue weighted by Gasteiger charge is 2.22. The average molecular weight is 212 g/mol. The Bertz CT molecular complexity index is 233. The van der Waals surface area contributed by atoms with Crippen molar-refractivity contribution >= 4 is 11.8 Å². The van der Waals surface area contributed by atoms with Gasteiger partial charge in [-0.3, -0.25) is 9.59 Å². The number of hydrogen-bond donors (Lipinski definition) is 2. The second-order valence-electron chi connectivity index (χ2n) is 4.17.